The van der Waals surface area contributed by atoms with Gasteiger partial charge in [0.2, 0.25) is 0 Å². The molecule has 2 aromatic carbocycles. The maximum atomic E-state index is 13.0. The van der Waals surface area contributed by atoms with Crippen LogP contribution in [-0.4, -0.2) is 34.2 Å². The van der Waals surface area contributed by atoms with E-state index in [1.165, 1.54) is 12.1 Å². The fourth-order valence-electron chi connectivity index (χ4n) is 2.80. The monoisotopic (exact) mass is 400 g/mol. The number of halogens is 1. The third-order valence-electron chi connectivity index (χ3n) is 4.31. The summed E-state index contributed by atoms with van der Waals surface area (Å²) < 4.78 is 18.6. The minimum Gasteiger partial charge on any atom is -0.481 e. The van der Waals surface area contributed by atoms with Crippen LogP contribution in [0.4, 0.5) is 4.39 Å². The lowest BCUT2D eigenvalue weighted by atomic mass is 10.1. The zero-order chi connectivity index (χ0) is 20.8. The van der Waals surface area contributed by atoms with Gasteiger partial charge in [-0.1, -0.05) is 17.9 Å². The number of carbonyl (C=O) groups is 1. The Labute approximate surface area is 172 Å². The van der Waals surface area contributed by atoms with Crippen LogP contribution < -0.4 is 10.1 Å². The van der Waals surface area contributed by atoms with Crippen molar-refractivity contribution in [1.82, 2.24) is 20.5 Å². The number of hydrogen-bond donors (Lipinski definition) is 2. The van der Waals surface area contributed by atoms with Crippen LogP contribution in [-0.2, 0) is 0 Å². The van der Waals surface area contributed by atoms with E-state index in [-0.39, 0.29) is 24.9 Å². The average molecular weight is 400 g/mol. The lowest BCUT2D eigenvalue weighted by molar-refractivity contribution is 0.0953. The van der Waals surface area contributed by atoms with Crippen molar-refractivity contribution >= 4 is 16.8 Å². The first-order valence-electron chi connectivity index (χ1n) is 9.22. The van der Waals surface area contributed by atoms with Crippen LogP contribution in [0.3, 0.4) is 0 Å². The Hall–Kier alpha value is -4.18. The van der Waals surface area contributed by atoms with Gasteiger partial charge in [-0.05, 0) is 48.5 Å². The number of ether oxygens (including phenoxy) is 1. The van der Waals surface area contributed by atoms with Gasteiger partial charge in [0.25, 0.3) is 5.91 Å². The molecule has 2 aromatic heterocycles. The van der Waals surface area contributed by atoms with Crippen LogP contribution in [0.1, 0.15) is 10.5 Å². The Bertz CT molecular complexity index is 1240. The zero-order valence-electron chi connectivity index (χ0n) is 15.9. The number of nitrogens with one attached hydrogen (secondary N) is 2. The second kappa shape index (κ2) is 8.88. The van der Waals surface area contributed by atoms with E-state index in [0.717, 1.165) is 10.9 Å². The number of pyridine rings is 1. The molecule has 148 valence electrons. The molecule has 0 atom stereocenters. The van der Waals surface area contributed by atoms with E-state index in [1.807, 2.05) is 30.3 Å². The molecule has 1 amide bonds. The van der Waals surface area contributed by atoms with Crippen molar-refractivity contribution < 1.29 is 13.9 Å². The summed E-state index contributed by atoms with van der Waals surface area (Å²) in [6, 6.07) is 17.0. The lowest BCUT2D eigenvalue weighted by Gasteiger charge is -2.03. The molecule has 0 unspecified atom stereocenters. The minimum atomic E-state index is -0.327. The highest BCUT2D eigenvalue weighted by molar-refractivity contribution is 5.93. The number of amides is 1. The Kier molecular flexibility index (Phi) is 5.67. The van der Waals surface area contributed by atoms with Gasteiger partial charge in [-0.2, -0.15) is 5.10 Å². The molecule has 2 N–H and O–H groups in total. The van der Waals surface area contributed by atoms with Crippen LogP contribution >= 0.6 is 0 Å². The molecular weight excluding hydrogens is 383 g/mol. The molecule has 0 saturated heterocycles. The number of nitrogens with zero attached hydrogens (tertiary/aromatic N) is 2. The molecule has 0 saturated carbocycles. The second-order valence-corrected chi connectivity index (χ2v) is 6.36. The van der Waals surface area contributed by atoms with Crippen molar-refractivity contribution in [2.75, 3.05) is 13.2 Å². The maximum Gasteiger partial charge on any atom is 0.270 e. The van der Waals surface area contributed by atoms with Gasteiger partial charge in [-0.3, -0.25) is 14.9 Å². The first-order valence-corrected chi connectivity index (χ1v) is 9.22. The van der Waals surface area contributed by atoms with Crippen LogP contribution in [0.25, 0.3) is 22.2 Å². The summed E-state index contributed by atoms with van der Waals surface area (Å²) in [7, 11) is 0. The Balaban J connectivity index is 1.26. The maximum absolute atomic E-state index is 13.0. The topological polar surface area (TPSA) is 79.9 Å². The highest BCUT2D eigenvalue weighted by Crippen LogP contribution is 2.19. The van der Waals surface area contributed by atoms with Gasteiger partial charge < -0.3 is 10.1 Å². The van der Waals surface area contributed by atoms with E-state index >= 15 is 0 Å². The molecule has 2 heterocycles. The summed E-state index contributed by atoms with van der Waals surface area (Å²) >= 11 is 0. The van der Waals surface area contributed by atoms with Gasteiger partial charge in [0.15, 0.2) is 0 Å². The summed E-state index contributed by atoms with van der Waals surface area (Å²) in [6.45, 7) is 0.374. The Morgan fingerprint density at radius 2 is 1.97 bits per heavy atom. The zero-order valence-corrected chi connectivity index (χ0v) is 15.9. The SMILES string of the molecule is O=C(NCC#CCOc1ccc2cccnc2c1)c1cc(-c2ccc(F)cc2)n[nH]1. The summed E-state index contributed by atoms with van der Waals surface area (Å²) in [5.41, 5.74) is 2.43. The first-order chi connectivity index (χ1) is 14.7. The van der Waals surface area contributed by atoms with Crippen molar-refractivity contribution in [3.63, 3.8) is 0 Å². The molecule has 30 heavy (non-hydrogen) atoms. The Morgan fingerprint density at radius 3 is 2.83 bits per heavy atom. The number of rotatable bonds is 5. The normalized spacial score (nSPS) is 10.3. The molecule has 4 aromatic rings. The number of H-pyrrole nitrogens is 1. The minimum absolute atomic E-state index is 0.173. The van der Waals surface area contributed by atoms with E-state index in [9.17, 15) is 9.18 Å². The second-order valence-electron chi connectivity index (χ2n) is 6.36. The molecule has 0 spiro atoms. The molecule has 0 bridgehead atoms. The van der Waals surface area contributed by atoms with E-state index in [2.05, 4.69) is 32.3 Å². The number of aromatic nitrogens is 3. The van der Waals surface area contributed by atoms with Crippen LogP contribution in [0.2, 0.25) is 0 Å². The van der Waals surface area contributed by atoms with Gasteiger partial charge in [0.05, 0.1) is 17.8 Å². The van der Waals surface area contributed by atoms with Crippen molar-refractivity contribution in [2.45, 2.75) is 0 Å². The highest BCUT2D eigenvalue weighted by Gasteiger charge is 2.10. The number of fused-ring (bicyclic) bond motifs is 1. The molecule has 6 nitrogen and oxygen atoms in total. The quantitative estimate of drug-likeness (QED) is 0.502. The van der Waals surface area contributed by atoms with Gasteiger partial charge in [0.1, 0.15) is 23.9 Å². The molecular formula is C23H17FN4O2. The van der Waals surface area contributed by atoms with E-state index < -0.39 is 0 Å². The molecule has 0 fully saturated rings. The largest absolute Gasteiger partial charge is 0.481 e. The van der Waals surface area contributed by atoms with Gasteiger partial charge in [-0.25, -0.2) is 4.39 Å². The van der Waals surface area contributed by atoms with Crippen LogP contribution in [0, 0.1) is 17.7 Å². The number of benzene rings is 2. The summed E-state index contributed by atoms with van der Waals surface area (Å²) in [5.74, 6) is 5.73. The van der Waals surface area contributed by atoms with Crippen LogP contribution in [0.15, 0.2) is 66.9 Å². The molecule has 7 heteroatoms. The summed E-state index contributed by atoms with van der Waals surface area (Å²) in [4.78, 5) is 16.5. The molecule has 0 aliphatic rings. The molecule has 0 radical (unpaired) electrons. The number of aromatic amines is 1. The first kappa shape index (κ1) is 19.2. The third kappa shape index (κ3) is 4.62. The summed E-state index contributed by atoms with van der Waals surface area (Å²) in [6.07, 6.45) is 1.73. The van der Waals surface area contributed by atoms with Crippen molar-refractivity contribution in [1.29, 1.82) is 0 Å². The predicted octanol–water partition coefficient (Wildman–Crippen LogP) is 3.58. The average Bonchev–Trinajstić information content (AvgIpc) is 3.27. The van der Waals surface area contributed by atoms with Crippen LogP contribution in [0.5, 0.6) is 5.75 Å². The summed E-state index contributed by atoms with van der Waals surface area (Å²) in [5, 5.41) is 10.5. The van der Waals surface area contributed by atoms with Gasteiger partial charge >= 0.3 is 0 Å². The number of hydrogen-bond acceptors (Lipinski definition) is 4. The van der Waals surface area contributed by atoms with Crippen molar-refractivity contribution in [2.24, 2.45) is 0 Å². The molecule has 0 aliphatic carbocycles. The van der Waals surface area contributed by atoms with Crippen molar-refractivity contribution in [3.05, 3.63) is 78.4 Å². The lowest BCUT2D eigenvalue weighted by Crippen LogP contribution is -2.24. The highest BCUT2D eigenvalue weighted by atomic mass is 19.1. The van der Waals surface area contributed by atoms with E-state index in [4.69, 9.17) is 4.74 Å². The Morgan fingerprint density at radius 1 is 1.10 bits per heavy atom. The standard InChI is InChI=1S/C23H17FN4O2/c24-18-8-5-17(6-9-18)21-15-22(28-27-21)23(29)26-11-1-2-13-30-19-10-7-16-4-3-12-25-20(16)14-19/h3-10,12,14-15H,11,13H2,(H,26,29)(H,27,28). The predicted molar refractivity (Wildman–Crippen MR) is 111 cm³/mol. The smallest absolute Gasteiger partial charge is 0.270 e. The fourth-order valence-corrected chi connectivity index (χ4v) is 2.80. The molecule has 4 rings (SSSR count). The molecule has 0 aliphatic heterocycles. The fraction of sp³-hybridized carbons (Fsp3) is 0.0870. The van der Waals surface area contributed by atoms with Crippen molar-refractivity contribution in [3.8, 4) is 28.8 Å². The number of carbonyl (C=O) groups excluding carboxylic acids is 1. The van der Waals surface area contributed by atoms with Gasteiger partial charge in [-0.15, -0.1) is 0 Å². The van der Waals surface area contributed by atoms with Gasteiger partial charge in [0, 0.05) is 23.2 Å². The third-order valence-corrected chi connectivity index (χ3v) is 4.31. The van der Waals surface area contributed by atoms with E-state index in [0.29, 0.717) is 22.7 Å². The van der Waals surface area contributed by atoms with E-state index in [1.54, 1.807) is 24.4 Å².